The van der Waals surface area contributed by atoms with Crippen LogP contribution < -0.4 is 9.47 Å². The molecule has 1 aliphatic rings. The summed E-state index contributed by atoms with van der Waals surface area (Å²) in [6.07, 6.45) is 2.92. The lowest BCUT2D eigenvalue weighted by Crippen LogP contribution is -2.31. The van der Waals surface area contributed by atoms with Crippen molar-refractivity contribution in [2.75, 3.05) is 27.3 Å². The van der Waals surface area contributed by atoms with Crippen molar-refractivity contribution in [2.24, 2.45) is 0 Å². The number of methoxy groups -OCH3 is 1. The van der Waals surface area contributed by atoms with Gasteiger partial charge in [-0.25, -0.2) is 4.68 Å². The Morgan fingerprint density at radius 3 is 2.52 bits per heavy atom. The predicted molar refractivity (Wildman–Crippen MR) is 111 cm³/mol. The van der Waals surface area contributed by atoms with E-state index in [4.69, 9.17) is 9.47 Å². The lowest BCUT2D eigenvalue weighted by molar-refractivity contribution is 0.0766. The van der Waals surface area contributed by atoms with E-state index < -0.39 is 0 Å². The number of amides is 1. The quantitative estimate of drug-likeness (QED) is 0.618. The van der Waals surface area contributed by atoms with Crippen molar-refractivity contribution in [1.29, 1.82) is 0 Å². The topological polar surface area (TPSA) is 56.6 Å². The number of benzene rings is 2. The van der Waals surface area contributed by atoms with Crippen LogP contribution in [-0.4, -0.2) is 47.9 Å². The number of para-hydroxylation sites is 1. The van der Waals surface area contributed by atoms with Gasteiger partial charge in [0.15, 0.2) is 5.69 Å². The molecule has 4 rings (SSSR count). The molecule has 1 heterocycles. The number of carbonyl (C=O) groups excluding carboxylic acids is 1. The van der Waals surface area contributed by atoms with Crippen LogP contribution in [0.25, 0.3) is 5.69 Å². The smallest absolute Gasteiger partial charge is 0.274 e. The molecule has 6 heteroatoms. The van der Waals surface area contributed by atoms with Crippen LogP contribution in [0.2, 0.25) is 0 Å². The van der Waals surface area contributed by atoms with Gasteiger partial charge in [-0.2, -0.15) is 5.10 Å². The van der Waals surface area contributed by atoms with Gasteiger partial charge >= 0.3 is 0 Å². The van der Waals surface area contributed by atoms with Gasteiger partial charge in [0, 0.05) is 18.3 Å². The third-order valence-corrected chi connectivity index (χ3v) is 5.24. The lowest BCUT2D eigenvalue weighted by Gasteiger charge is -2.17. The zero-order chi connectivity index (χ0) is 20.2. The fraction of sp³-hybridized carbons (Fsp3) is 0.304. The SMILES string of the molecule is COc1ccc(OCCN(C)C(=O)c2nn(-c3ccccc3)c3c2CCC3)cc1. The number of likely N-dealkylation sites (N-methyl/N-ethyl adjacent to an activating group) is 1. The van der Waals surface area contributed by atoms with Crippen molar-refractivity contribution in [1.82, 2.24) is 14.7 Å². The van der Waals surface area contributed by atoms with Gasteiger partial charge in [-0.15, -0.1) is 0 Å². The average Bonchev–Trinajstić information content (AvgIpc) is 3.37. The second kappa shape index (κ2) is 8.39. The number of hydrogen-bond acceptors (Lipinski definition) is 4. The van der Waals surface area contributed by atoms with Crippen molar-refractivity contribution >= 4 is 5.91 Å². The summed E-state index contributed by atoms with van der Waals surface area (Å²) < 4.78 is 12.8. The van der Waals surface area contributed by atoms with Crippen LogP contribution in [0.5, 0.6) is 11.5 Å². The standard InChI is InChI=1S/C23H25N3O3/c1-25(15-16-29-19-13-11-18(28-2)12-14-19)23(27)22-20-9-6-10-21(20)26(24-22)17-7-4-3-5-8-17/h3-5,7-8,11-14H,6,9-10,15-16H2,1-2H3. The summed E-state index contributed by atoms with van der Waals surface area (Å²) in [6.45, 7) is 0.897. The summed E-state index contributed by atoms with van der Waals surface area (Å²) in [5, 5.41) is 4.68. The molecular weight excluding hydrogens is 366 g/mol. The van der Waals surface area contributed by atoms with E-state index in [2.05, 4.69) is 5.10 Å². The molecular formula is C23H25N3O3. The van der Waals surface area contributed by atoms with Crippen molar-refractivity contribution < 1.29 is 14.3 Å². The molecule has 0 saturated carbocycles. The zero-order valence-corrected chi connectivity index (χ0v) is 16.8. The maximum atomic E-state index is 13.1. The molecule has 0 fully saturated rings. The largest absolute Gasteiger partial charge is 0.497 e. The van der Waals surface area contributed by atoms with E-state index in [0.29, 0.717) is 18.8 Å². The Balaban J connectivity index is 1.43. The highest BCUT2D eigenvalue weighted by Gasteiger charge is 2.28. The van der Waals surface area contributed by atoms with E-state index in [1.807, 2.05) is 59.3 Å². The Kier molecular flexibility index (Phi) is 5.51. The van der Waals surface area contributed by atoms with E-state index in [1.54, 1.807) is 19.1 Å². The monoisotopic (exact) mass is 391 g/mol. The average molecular weight is 391 g/mol. The Morgan fingerprint density at radius 2 is 1.79 bits per heavy atom. The number of fused-ring (bicyclic) bond motifs is 1. The molecule has 0 spiro atoms. The molecule has 3 aromatic rings. The second-order valence-electron chi connectivity index (χ2n) is 7.13. The first-order chi connectivity index (χ1) is 14.2. The zero-order valence-electron chi connectivity index (χ0n) is 16.8. The molecule has 0 saturated heterocycles. The Hall–Kier alpha value is -3.28. The Bertz CT molecular complexity index is 981. The van der Waals surface area contributed by atoms with Crippen LogP contribution in [0.3, 0.4) is 0 Å². The van der Waals surface area contributed by atoms with Crippen molar-refractivity contribution in [3.8, 4) is 17.2 Å². The first-order valence-corrected chi connectivity index (χ1v) is 9.86. The minimum Gasteiger partial charge on any atom is -0.497 e. The molecule has 1 amide bonds. The summed E-state index contributed by atoms with van der Waals surface area (Å²) in [6, 6.07) is 17.4. The first-order valence-electron chi connectivity index (χ1n) is 9.86. The third-order valence-electron chi connectivity index (χ3n) is 5.24. The van der Waals surface area contributed by atoms with Crippen LogP contribution in [0, 0.1) is 0 Å². The first kappa shape index (κ1) is 19.1. The number of ether oxygens (including phenoxy) is 2. The number of hydrogen-bond donors (Lipinski definition) is 0. The molecule has 0 bridgehead atoms. The predicted octanol–water partition coefficient (Wildman–Crippen LogP) is 3.52. The van der Waals surface area contributed by atoms with Crippen LogP contribution >= 0.6 is 0 Å². The second-order valence-corrected chi connectivity index (χ2v) is 7.13. The number of aromatic nitrogens is 2. The molecule has 0 aliphatic heterocycles. The number of nitrogens with zero attached hydrogens (tertiary/aromatic N) is 3. The highest BCUT2D eigenvalue weighted by molar-refractivity contribution is 5.94. The highest BCUT2D eigenvalue weighted by atomic mass is 16.5. The van der Waals surface area contributed by atoms with Gasteiger partial charge in [0.2, 0.25) is 0 Å². The Morgan fingerprint density at radius 1 is 1.07 bits per heavy atom. The van der Waals surface area contributed by atoms with Gasteiger partial charge in [-0.1, -0.05) is 18.2 Å². The molecule has 29 heavy (non-hydrogen) atoms. The van der Waals surface area contributed by atoms with E-state index in [9.17, 15) is 4.79 Å². The highest BCUT2D eigenvalue weighted by Crippen LogP contribution is 2.28. The van der Waals surface area contributed by atoms with Crippen molar-refractivity contribution in [2.45, 2.75) is 19.3 Å². The van der Waals surface area contributed by atoms with Crippen molar-refractivity contribution in [3.63, 3.8) is 0 Å². The number of carbonyl (C=O) groups is 1. The maximum Gasteiger partial charge on any atom is 0.274 e. The summed E-state index contributed by atoms with van der Waals surface area (Å²) in [5.41, 5.74) is 3.80. The molecule has 150 valence electrons. The van der Waals surface area contributed by atoms with Crippen LogP contribution in [0.1, 0.15) is 28.2 Å². The van der Waals surface area contributed by atoms with E-state index in [0.717, 1.165) is 47.7 Å². The molecule has 0 radical (unpaired) electrons. The van der Waals surface area contributed by atoms with Gasteiger partial charge in [-0.05, 0) is 55.7 Å². The van der Waals surface area contributed by atoms with Crippen molar-refractivity contribution in [3.05, 3.63) is 71.5 Å². The van der Waals surface area contributed by atoms with E-state index in [1.165, 1.54) is 0 Å². The van der Waals surface area contributed by atoms with E-state index in [-0.39, 0.29) is 5.91 Å². The summed E-state index contributed by atoms with van der Waals surface area (Å²) in [5.74, 6) is 1.48. The summed E-state index contributed by atoms with van der Waals surface area (Å²) >= 11 is 0. The molecule has 2 aromatic carbocycles. The fourth-order valence-electron chi connectivity index (χ4n) is 3.65. The normalized spacial score (nSPS) is 12.5. The van der Waals surface area contributed by atoms with Gasteiger partial charge in [0.1, 0.15) is 18.1 Å². The Labute approximate surface area is 170 Å². The fourth-order valence-corrected chi connectivity index (χ4v) is 3.65. The lowest BCUT2D eigenvalue weighted by atomic mass is 10.2. The van der Waals surface area contributed by atoms with Crippen LogP contribution in [0.15, 0.2) is 54.6 Å². The molecule has 0 unspecified atom stereocenters. The van der Waals surface area contributed by atoms with Gasteiger partial charge in [-0.3, -0.25) is 4.79 Å². The minimum atomic E-state index is -0.0591. The third kappa shape index (κ3) is 3.97. The molecule has 1 aliphatic carbocycles. The van der Waals surface area contributed by atoms with Gasteiger partial charge in [0.05, 0.1) is 19.3 Å². The molecule has 0 N–H and O–H groups in total. The van der Waals surface area contributed by atoms with Gasteiger partial charge < -0.3 is 14.4 Å². The molecule has 0 atom stereocenters. The van der Waals surface area contributed by atoms with Gasteiger partial charge in [0.25, 0.3) is 5.91 Å². The molecule has 6 nitrogen and oxygen atoms in total. The number of rotatable bonds is 7. The van der Waals surface area contributed by atoms with E-state index >= 15 is 0 Å². The summed E-state index contributed by atoms with van der Waals surface area (Å²) in [7, 11) is 3.43. The summed E-state index contributed by atoms with van der Waals surface area (Å²) in [4.78, 5) is 14.7. The van der Waals surface area contributed by atoms with Crippen LogP contribution in [-0.2, 0) is 12.8 Å². The maximum absolute atomic E-state index is 13.1. The van der Waals surface area contributed by atoms with Crippen LogP contribution in [0.4, 0.5) is 0 Å². The molecule has 1 aromatic heterocycles. The minimum absolute atomic E-state index is 0.0591.